The highest BCUT2D eigenvalue weighted by molar-refractivity contribution is 6.02. The average Bonchev–Trinajstić information content (AvgIpc) is 2.79. The number of unbranched alkanes of at least 4 members (excludes halogenated alkanes) is 2. The molecule has 1 fully saturated rings. The number of hydrogen-bond acceptors (Lipinski definition) is 3. The van der Waals surface area contributed by atoms with Gasteiger partial charge in [0.15, 0.2) is 0 Å². The van der Waals surface area contributed by atoms with Gasteiger partial charge in [0.05, 0.1) is 0 Å². The number of nitrogens with zero attached hydrogens (tertiary/aromatic N) is 2. The molecule has 158 valence electrons. The fraction of sp³-hybridized carbons (Fsp3) is 0.360. The summed E-state index contributed by atoms with van der Waals surface area (Å²) in [4.78, 5) is 28.7. The Bertz CT molecular complexity index is 838. The number of anilines is 2. The topological polar surface area (TPSA) is 52.7 Å². The van der Waals surface area contributed by atoms with Crippen LogP contribution in [-0.2, 0) is 9.59 Å². The summed E-state index contributed by atoms with van der Waals surface area (Å²) >= 11 is 0. The normalized spacial score (nSPS) is 14.2. The molecule has 1 aliphatic rings. The maximum atomic E-state index is 12.3. The monoisotopic (exact) mass is 405 g/mol. The second-order valence-electron chi connectivity index (χ2n) is 7.61. The third-order valence-electron chi connectivity index (χ3n) is 5.35. The Morgan fingerprint density at radius 1 is 0.933 bits per heavy atom. The van der Waals surface area contributed by atoms with Crippen molar-refractivity contribution in [2.75, 3.05) is 36.4 Å². The Morgan fingerprint density at radius 3 is 2.30 bits per heavy atom. The molecule has 1 heterocycles. The highest BCUT2D eigenvalue weighted by Crippen LogP contribution is 2.20. The second kappa shape index (κ2) is 11.2. The van der Waals surface area contributed by atoms with E-state index in [9.17, 15) is 9.59 Å². The Kier molecular flexibility index (Phi) is 8.07. The van der Waals surface area contributed by atoms with Crippen LogP contribution in [0.5, 0.6) is 0 Å². The first-order valence-electron chi connectivity index (χ1n) is 10.8. The molecule has 2 aromatic carbocycles. The number of piperazine rings is 1. The van der Waals surface area contributed by atoms with E-state index < -0.39 is 0 Å². The van der Waals surface area contributed by atoms with Crippen LogP contribution in [0.1, 0.15) is 38.2 Å². The molecule has 2 amide bonds. The van der Waals surface area contributed by atoms with Crippen LogP contribution in [0.15, 0.2) is 60.7 Å². The van der Waals surface area contributed by atoms with Gasteiger partial charge in [-0.05, 0) is 42.3 Å². The largest absolute Gasteiger partial charge is 0.368 e. The summed E-state index contributed by atoms with van der Waals surface area (Å²) in [6.45, 7) is 5.37. The van der Waals surface area contributed by atoms with Crippen molar-refractivity contribution in [2.24, 2.45) is 0 Å². The molecule has 0 saturated carbocycles. The molecule has 1 aliphatic heterocycles. The first kappa shape index (κ1) is 21.6. The maximum absolute atomic E-state index is 12.3. The molecule has 30 heavy (non-hydrogen) atoms. The van der Waals surface area contributed by atoms with Gasteiger partial charge in [-0.3, -0.25) is 9.59 Å². The number of amides is 2. The summed E-state index contributed by atoms with van der Waals surface area (Å²) in [5.41, 5.74) is 2.88. The molecule has 0 aromatic heterocycles. The van der Waals surface area contributed by atoms with E-state index in [4.69, 9.17) is 0 Å². The van der Waals surface area contributed by atoms with E-state index >= 15 is 0 Å². The number of nitrogens with one attached hydrogen (secondary N) is 1. The zero-order chi connectivity index (χ0) is 21.2. The molecule has 0 aliphatic carbocycles. The highest BCUT2D eigenvalue weighted by Gasteiger charge is 2.20. The summed E-state index contributed by atoms with van der Waals surface area (Å²) in [6.07, 6.45) is 7.26. The number of hydrogen-bond donors (Lipinski definition) is 1. The fourth-order valence-corrected chi connectivity index (χ4v) is 3.57. The number of carbonyl (C=O) groups is 2. The summed E-state index contributed by atoms with van der Waals surface area (Å²) in [5, 5.41) is 2.89. The minimum Gasteiger partial charge on any atom is -0.368 e. The van der Waals surface area contributed by atoms with Crippen LogP contribution >= 0.6 is 0 Å². The lowest BCUT2D eigenvalue weighted by Gasteiger charge is -2.36. The molecular weight excluding hydrogens is 374 g/mol. The van der Waals surface area contributed by atoms with Crippen LogP contribution in [0.3, 0.4) is 0 Å². The van der Waals surface area contributed by atoms with Crippen molar-refractivity contribution < 1.29 is 9.59 Å². The van der Waals surface area contributed by atoms with E-state index in [0.29, 0.717) is 6.42 Å². The molecule has 0 atom stereocenters. The third-order valence-corrected chi connectivity index (χ3v) is 5.35. The van der Waals surface area contributed by atoms with Crippen molar-refractivity contribution in [3.05, 3.63) is 66.2 Å². The minimum atomic E-state index is -0.151. The van der Waals surface area contributed by atoms with Crippen LogP contribution in [0.4, 0.5) is 11.4 Å². The molecular formula is C25H31N3O2. The third kappa shape index (κ3) is 6.48. The Labute approximate surface area is 179 Å². The fourth-order valence-electron chi connectivity index (χ4n) is 3.57. The van der Waals surface area contributed by atoms with Crippen molar-refractivity contribution >= 4 is 29.3 Å². The SMILES string of the molecule is CCCCCC(=O)N1CCN(c2ccc(NC(=O)/C=C/c3ccccc3)cc2)CC1. The summed E-state index contributed by atoms with van der Waals surface area (Å²) in [6, 6.07) is 17.6. The zero-order valence-electron chi connectivity index (χ0n) is 17.7. The summed E-state index contributed by atoms with van der Waals surface area (Å²) in [7, 11) is 0. The van der Waals surface area contributed by atoms with Crippen molar-refractivity contribution in [1.29, 1.82) is 0 Å². The van der Waals surface area contributed by atoms with Crippen LogP contribution in [0, 0.1) is 0 Å². The van der Waals surface area contributed by atoms with Crippen molar-refractivity contribution in [3.63, 3.8) is 0 Å². The number of benzene rings is 2. The van der Waals surface area contributed by atoms with Gasteiger partial charge < -0.3 is 15.1 Å². The van der Waals surface area contributed by atoms with Gasteiger partial charge in [-0.1, -0.05) is 50.1 Å². The van der Waals surface area contributed by atoms with E-state index in [2.05, 4.69) is 17.1 Å². The lowest BCUT2D eigenvalue weighted by molar-refractivity contribution is -0.131. The minimum absolute atomic E-state index is 0.151. The lowest BCUT2D eigenvalue weighted by atomic mass is 10.1. The molecule has 1 saturated heterocycles. The van der Waals surface area contributed by atoms with Crippen molar-refractivity contribution in [2.45, 2.75) is 32.6 Å². The first-order valence-corrected chi connectivity index (χ1v) is 10.8. The van der Waals surface area contributed by atoms with Crippen LogP contribution in [-0.4, -0.2) is 42.9 Å². The molecule has 3 rings (SSSR count). The van der Waals surface area contributed by atoms with Crippen LogP contribution in [0.25, 0.3) is 6.08 Å². The number of carbonyl (C=O) groups excluding carboxylic acids is 2. The maximum Gasteiger partial charge on any atom is 0.248 e. The van der Waals surface area contributed by atoms with Crippen molar-refractivity contribution in [3.8, 4) is 0 Å². The standard InChI is InChI=1S/C25H31N3O2/c1-2-3-5-10-25(30)28-19-17-27(18-20-28)23-14-12-22(13-15-23)26-24(29)16-11-21-8-6-4-7-9-21/h4,6-9,11-16H,2-3,5,10,17-20H2,1H3,(H,26,29)/b16-11+. The molecule has 1 N–H and O–H groups in total. The van der Waals surface area contributed by atoms with E-state index in [1.54, 1.807) is 12.2 Å². The predicted molar refractivity (Wildman–Crippen MR) is 123 cm³/mol. The smallest absolute Gasteiger partial charge is 0.248 e. The van der Waals surface area contributed by atoms with E-state index in [-0.39, 0.29) is 11.8 Å². The molecule has 0 radical (unpaired) electrons. The van der Waals surface area contributed by atoms with Crippen molar-refractivity contribution in [1.82, 2.24) is 4.90 Å². The van der Waals surface area contributed by atoms with Gasteiger partial charge in [-0.2, -0.15) is 0 Å². The van der Waals surface area contributed by atoms with Gasteiger partial charge >= 0.3 is 0 Å². The predicted octanol–water partition coefficient (Wildman–Crippen LogP) is 4.57. The second-order valence-corrected chi connectivity index (χ2v) is 7.61. The Hall–Kier alpha value is -3.08. The Morgan fingerprint density at radius 2 is 1.63 bits per heavy atom. The Balaban J connectivity index is 1.46. The van der Waals surface area contributed by atoms with E-state index in [1.165, 1.54) is 0 Å². The molecule has 0 bridgehead atoms. The molecule has 5 heteroatoms. The van der Waals surface area contributed by atoms with E-state index in [1.807, 2.05) is 59.5 Å². The first-order chi connectivity index (χ1) is 14.7. The summed E-state index contributed by atoms with van der Waals surface area (Å²) < 4.78 is 0. The quantitative estimate of drug-likeness (QED) is 0.517. The van der Waals surface area contributed by atoms with Gasteiger partial charge in [-0.25, -0.2) is 0 Å². The van der Waals surface area contributed by atoms with Gasteiger partial charge in [0.1, 0.15) is 0 Å². The van der Waals surface area contributed by atoms with Gasteiger partial charge in [0, 0.05) is 50.1 Å². The van der Waals surface area contributed by atoms with Gasteiger partial charge in [0.2, 0.25) is 11.8 Å². The lowest BCUT2D eigenvalue weighted by Crippen LogP contribution is -2.48. The molecule has 5 nitrogen and oxygen atoms in total. The van der Waals surface area contributed by atoms with Crippen LogP contribution in [0.2, 0.25) is 0 Å². The van der Waals surface area contributed by atoms with E-state index in [0.717, 1.165) is 62.4 Å². The van der Waals surface area contributed by atoms with Gasteiger partial charge in [-0.15, -0.1) is 0 Å². The highest BCUT2D eigenvalue weighted by atomic mass is 16.2. The molecule has 2 aromatic rings. The van der Waals surface area contributed by atoms with Crippen LogP contribution < -0.4 is 10.2 Å². The zero-order valence-corrected chi connectivity index (χ0v) is 17.7. The summed E-state index contributed by atoms with van der Waals surface area (Å²) in [5.74, 6) is 0.131. The average molecular weight is 406 g/mol. The number of rotatable bonds is 8. The molecule has 0 unspecified atom stereocenters. The molecule has 0 spiro atoms. The van der Waals surface area contributed by atoms with Gasteiger partial charge in [0.25, 0.3) is 0 Å².